The highest BCUT2D eigenvalue weighted by atomic mass is 16.1. The number of unbranched alkanes of at least 4 members (excludes halogenated alkanes) is 8. The molecule has 0 fully saturated rings. The first-order valence-electron chi connectivity index (χ1n) is 8.24. The van der Waals surface area contributed by atoms with Crippen LogP contribution in [0.1, 0.15) is 97.3 Å². The summed E-state index contributed by atoms with van der Waals surface area (Å²) in [4.78, 5) is 23.2. The van der Waals surface area contributed by atoms with Gasteiger partial charge in [-0.05, 0) is 12.8 Å². The summed E-state index contributed by atoms with van der Waals surface area (Å²) in [6.07, 6.45) is 13.0. The molecule has 0 saturated heterocycles. The van der Waals surface area contributed by atoms with Gasteiger partial charge in [0.15, 0.2) is 0 Å². The van der Waals surface area contributed by atoms with Crippen molar-refractivity contribution in [2.45, 2.75) is 97.3 Å². The molecule has 0 amide bonds. The van der Waals surface area contributed by atoms with Crippen molar-refractivity contribution >= 4 is 11.6 Å². The van der Waals surface area contributed by atoms with Gasteiger partial charge in [0.2, 0.25) is 0 Å². The molecule has 112 valence electrons. The van der Waals surface area contributed by atoms with E-state index in [2.05, 4.69) is 13.8 Å². The topological polar surface area (TPSA) is 34.1 Å². The lowest BCUT2D eigenvalue weighted by molar-refractivity contribution is -0.127. The van der Waals surface area contributed by atoms with Crippen LogP contribution in [0.25, 0.3) is 0 Å². The predicted octanol–water partition coefficient (Wildman–Crippen LogP) is 5.24. The molecule has 0 spiro atoms. The molecule has 19 heavy (non-hydrogen) atoms. The lowest BCUT2D eigenvalue weighted by Crippen LogP contribution is -2.07. The van der Waals surface area contributed by atoms with Gasteiger partial charge in [0.05, 0.1) is 6.42 Å². The maximum Gasteiger partial charge on any atom is 0.140 e. The standard InChI is InChI=1S/C17H32O2/c1-3-5-7-9-10-12-14-17(19)15-16(18)13-11-8-6-4-2/h3-15H2,1-2H3. The zero-order valence-corrected chi connectivity index (χ0v) is 13.0. The number of hydrogen-bond acceptors (Lipinski definition) is 2. The van der Waals surface area contributed by atoms with Crippen LogP contribution in [-0.4, -0.2) is 11.6 Å². The first-order valence-corrected chi connectivity index (χ1v) is 8.24. The van der Waals surface area contributed by atoms with Crippen LogP contribution in [0.3, 0.4) is 0 Å². The van der Waals surface area contributed by atoms with Gasteiger partial charge in [0.25, 0.3) is 0 Å². The second-order valence-electron chi connectivity index (χ2n) is 5.58. The molecule has 0 unspecified atom stereocenters. The highest BCUT2D eigenvalue weighted by molar-refractivity contribution is 5.98. The highest BCUT2D eigenvalue weighted by Crippen LogP contribution is 2.09. The largest absolute Gasteiger partial charge is 0.299 e. The molecule has 0 bridgehead atoms. The normalized spacial score (nSPS) is 10.6. The van der Waals surface area contributed by atoms with Crippen molar-refractivity contribution in [3.8, 4) is 0 Å². The van der Waals surface area contributed by atoms with Crippen LogP contribution >= 0.6 is 0 Å². The number of Topliss-reactive ketones (excluding diaryl/α,β-unsaturated/α-hetero) is 2. The number of carbonyl (C=O) groups is 2. The van der Waals surface area contributed by atoms with Crippen LogP contribution < -0.4 is 0 Å². The Labute approximate surface area is 119 Å². The van der Waals surface area contributed by atoms with Crippen LogP contribution in [-0.2, 0) is 9.59 Å². The molecule has 0 atom stereocenters. The zero-order valence-electron chi connectivity index (χ0n) is 13.0. The van der Waals surface area contributed by atoms with E-state index in [0.717, 1.165) is 25.7 Å². The van der Waals surface area contributed by atoms with Crippen LogP contribution in [0.2, 0.25) is 0 Å². The minimum absolute atomic E-state index is 0.145. The Hall–Kier alpha value is -0.660. The number of carbonyl (C=O) groups excluding carboxylic acids is 2. The Morgan fingerprint density at radius 2 is 0.947 bits per heavy atom. The van der Waals surface area contributed by atoms with Gasteiger partial charge < -0.3 is 0 Å². The van der Waals surface area contributed by atoms with Gasteiger partial charge in [0, 0.05) is 12.8 Å². The molecule has 0 aromatic carbocycles. The van der Waals surface area contributed by atoms with Crippen LogP contribution in [0, 0.1) is 0 Å². The van der Waals surface area contributed by atoms with Crippen molar-refractivity contribution in [3.05, 3.63) is 0 Å². The Morgan fingerprint density at radius 1 is 0.579 bits per heavy atom. The smallest absolute Gasteiger partial charge is 0.140 e. The summed E-state index contributed by atoms with van der Waals surface area (Å²) in [5, 5.41) is 0. The van der Waals surface area contributed by atoms with E-state index in [1.165, 1.54) is 38.5 Å². The monoisotopic (exact) mass is 268 g/mol. The summed E-state index contributed by atoms with van der Waals surface area (Å²) in [6.45, 7) is 4.36. The molecule has 0 aliphatic heterocycles. The van der Waals surface area contributed by atoms with Crippen molar-refractivity contribution in [3.63, 3.8) is 0 Å². The molecule has 0 aromatic heterocycles. The molecule has 0 rings (SSSR count). The minimum atomic E-state index is 0.145. The molecule has 2 heteroatoms. The van der Waals surface area contributed by atoms with Crippen molar-refractivity contribution < 1.29 is 9.59 Å². The fourth-order valence-corrected chi connectivity index (χ4v) is 2.25. The van der Waals surface area contributed by atoms with Crippen LogP contribution in [0.15, 0.2) is 0 Å². The molecule has 0 heterocycles. The lowest BCUT2D eigenvalue weighted by Gasteiger charge is -2.02. The summed E-state index contributed by atoms with van der Waals surface area (Å²) in [5.74, 6) is 0.295. The highest BCUT2D eigenvalue weighted by Gasteiger charge is 2.08. The average molecular weight is 268 g/mol. The van der Waals surface area contributed by atoms with Gasteiger partial charge in [0.1, 0.15) is 11.6 Å². The number of hydrogen-bond donors (Lipinski definition) is 0. The van der Waals surface area contributed by atoms with E-state index < -0.39 is 0 Å². The van der Waals surface area contributed by atoms with E-state index >= 15 is 0 Å². The summed E-state index contributed by atoms with van der Waals surface area (Å²) >= 11 is 0. The van der Waals surface area contributed by atoms with Gasteiger partial charge in [-0.1, -0.05) is 65.2 Å². The molecule has 0 aliphatic carbocycles. The molecular formula is C17H32O2. The van der Waals surface area contributed by atoms with Gasteiger partial charge in [-0.2, -0.15) is 0 Å². The Morgan fingerprint density at radius 3 is 1.42 bits per heavy atom. The molecule has 0 aromatic rings. The van der Waals surface area contributed by atoms with Crippen molar-refractivity contribution in [1.82, 2.24) is 0 Å². The van der Waals surface area contributed by atoms with Crippen molar-refractivity contribution in [1.29, 1.82) is 0 Å². The molecule has 0 aliphatic rings. The zero-order chi connectivity index (χ0) is 14.3. The third-order valence-electron chi connectivity index (χ3n) is 3.51. The maximum absolute atomic E-state index is 11.6. The van der Waals surface area contributed by atoms with Gasteiger partial charge in [-0.15, -0.1) is 0 Å². The van der Waals surface area contributed by atoms with Gasteiger partial charge in [-0.25, -0.2) is 0 Å². The fourth-order valence-electron chi connectivity index (χ4n) is 2.25. The second kappa shape index (κ2) is 13.8. The van der Waals surface area contributed by atoms with Gasteiger partial charge >= 0.3 is 0 Å². The number of rotatable bonds is 14. The fraction of sp³-hybridized carbons (Fsp3) is 0.882. The third kappa shape index (κ3) is 13.6. The summed E-state index contributed by atoms with van der Waals surface area (Å²) in [7, 11) is 0. The first-order chi connectivity index (χ1) is 9.20. The van der Waals surface area contributed by atoms with E-state index in [1.807, 2.05) is 0 Å². The molecule has 0 N–H and O–H groups in total. The summed E-state index contributed by atoms with van der Waals surface area (Å²) < 4.78 is 0. The third-order valence-corrected chi connectivity index (χ3v) is 3.51. The second-order valence-corrected chi connectivity index (χ2v) is 5.58. The average Bonchev–Trinajstić information content (AvgIpc) is 2.39. The van der Waals surface area contributed by atoms with Gasteiger partial charge in [-0.3, -0.25) is 9.59 Å². The van der Waals surface area contributed by atoms with Crippen LogP contribution in [0.4, 0.5) is 0 Å². The SMILES string of the molecule is CCCCCCCCC(=O)CC(=O)CCCCCC. The number of ketones is 2. The molecule has 0 saturated carbocycles. The van der Waals surface area contributed by atoms with E-state index in [1.54, 1.807) is 0 Å². The quantitative estimate of drug-likeness (QED) is 0.319. The molecule has 0 radical (unpaired) electrons. The van der Waals surface area contributed by atoms with E-state index in [-0.39, 0.29) is 18.0 Å². The lowest BCUT2D eigenvalue weighted by atomic mass is 10.0. The Kier molecular flexibility index (Phi) is 13.3. The van der Waals surface area contributed by atoms with E-state index in [0.29, 0.717) is 12.8 Å². The Balaban J connectivity index is 3.39. The minimum Gasteiger partial charge on any atom is -0.299 e. The predicted molar refractivity (Wildman–Crippen MR) is 81.4 cm³/mol. The maximum atomic E-state index is 11.6. The first kappa shape index (κ1) is 18.3. The summed E-state index contributed by atoms with van der Waals surface area (Å²) in [5.41, 5.74) is 0. The van der Waals surface area contributed by atoms with Crippen molar-refractivity contribution in [2.24, 2.45) is 0 Å². The van der Waals surface area contributed by atoms with Crippen molar-refractivity contribution in [2.75, 3.05) is 0 Å². The van der Waals surface area contributed by atoms with Crippen LogP contribution in [0.5, 0.6) is 0 Å². The summed E-state index contributed by atoms with van der Waals surface area (Å²) in [6, 6.07) is 0. The molecular weight excluding hydrogens is 236 g/mol. The Bertz CT molecular complexity index is 233. The van der Waals surface area contributed by atoms with E-state index in [4.69, 9.17) is 0 Å². The van der Waals surface area contributed by atoms with E-state index in [9.17, 15) is 9.59 Å². The molecule has 2 nitrogen and oxygen atoms in total.